The van der Waals surface area contributed by atoms with Gasteiger partial charge in [-0.15, -0.1) is 26.3 Å². The Balaban J connectivity index is 1.22. The van der Waals surface area contributed by atoms with E-state index in [-0.39, 0.29) is 55.7 Å². The second kappa shape index (κ2) is 18.2. The van der Waals surface area contributed by atoms with Crippen molar-refractivity contribution < 1.29 is 76.8 Å². The molecule has 0 bridgehead atoms. The Hall–Kier alpha value is -6.63. The number of hydrogen-bond acceptors (Lipinski definition) is 10. The molecule has 0 amide bonds. The van der Waals surface area contributed by atoms with Crippen LogP contribution in [0.25, 0.3) is 44.2 Å². The molecule has 2 aromatic heterocycles. The molecule has 10 nitrogen and oxygen atoms in total. The topological polar surface area (TPSA) is 116 Å². The molecule has 0 N–H and O–H groups in total. The average Bonchev–Trinajstić information content (AvgIpc) is 3.16. The molecule has 0 aliphatic heterocycles. The number of benzene rings is 4. The van der Waals surface area contributed by atoms with E-state index in [0.29, 0.717) is 11.1 Å². The zero-order valence-electron chi connectivity index (χ0n) is 32.3. The van der Waals surface area contributed by atoms with Crippen LogP contribution in [-0.4, -0.2) is 51.4 Å². The summed E-state index contributed by atoms with van der Waals surface area (Å²) in [4.78, 5) is 26.1. The maximum Gasteiger partial charge on any atom is 0.573 e. The fraction of sp³-hybridized carbons (Fsp3) is 0.256. The van der Waals surface area contributed by atoms with E-state index in [9.17, 15) is 49.1 Å². The van der Waals surface area contributed by atoms with E-state index in [4.69, 9.17) is 27.8 Å². The molecule has 0 saturated heterocycles. The van der Waals surface area contributed by atoms with Crippen molar-refractivity contribution in [3.05, 3.63) is 130 Å². The van der Waals surface area contributed by atoms with Gasteiger partial charge in [0, 0.05) is 34.0 Å². The van der Waals surface area contributed by atoms with Crippen molar-refractivity contribution in [2.75, 3.05) is 26.4 Å². The molecule has 0 radical (unpaired) electrons. The van der Waals surface area contributed by atoms with Crippen LogP contribution in [0, 0.1) is 19.8 Å². The van der Waals surface area contributed by atoms with Crippen LogP contribution in [0.5, 0.6) is 23.0 Å². The van der Waals surface area contributed by atoms with Gasteiger partial charge in [-0.25, -0.2) is 9.59 Å². The van der Waals surface area contributed by atoms with E-state index in [1.165, 1.54) is 72.8 Å². The molecule has 0 saturated carbocycles. The van der Waals surface area contributed by atoms with Gasteiger partial charge in [0.05, 0.1) is 24.0 Å². The first-order valence-corrected chi connectivity index (χ1v) is 18.2. The maximum absolute atomic E-state index is 13.8. The van der Waals surface area contributed by atoms with Gasteiger partial charge in [0.25, 0.3) is 0 Å². The number of hydrogen-bond donors (Lipinski definition) is 0. The van der Waals surface area contributed by atoms with E-state index < -0.39 is 80.1 Å². The van der Waals surface area contributed by atoms with E-state index in [1.54, 1.807) is 13.8 Å². The van der Waals surface area contributed by atoms with Crippen molar-refractivity contribution in [2.45, 2.75) is 38.9 Å². The zero-order chi connectivity index (χ0) is 45.0. The average molecular weight is 881 g/mol. The van der Waals surface area contributed by atoms with Crippen LogP contribution in [0.4, 0.5) is 39.5 Å². The Kier molecular flexibility index (Phi) is 13.1. The molecule has 0 aliphatic rings. The predicted octanol–water partition coefficient (Wildman–Crippen LogP) is 10.8. The third-order valence-electron chi connectivity index (χ3n) is 9.00. The molecule has 328 valence electrons. The number of aryl methyl sites for hydroxylation is 2. The molecule has 6 aromatic rings. The normalized spacial score (nSPS) is 12.7. The Labute approximate surface area is 344 Å². The van der Waals surface area contributed by atoms with Crippen LogP contribution in [0.3, 0.4) is 0 Å². The van der Waals surface area contributed by atoms with Gasteiger partial charge in [-0.1, -0.05) is 30.8 Å². The summed E-state index contributed by atoms with van der Waals surface area (Å²) >= 11 is 0. The minimum Gasteiger partial charge on any atom is -0.501 e. The fourth-order valence-electron chi connectivity index (χ4n) is 6.06. The van der Waals surface area contributed by atoms with Crippen LogP contribution in [-0.2, 0) is 9.47 Å². The minimum atomic E-state index is -5.04. The van der Waals surface area contributed by atoms with E-state index in [2.05, 4.69) is 16.1 Å². The molecule has 19 heteroatoms. The predicted molar refractivity (Wildman–Crippen MR) is 205 cm³/mol. The monoisotopic (exact) mass is 880 g/mol. The molecule has 0 fully saturated rings. The van der Waals surface area contributed by atoms with Gasteiger partial charge in [-0.05, 0) is 73.5 Å². The lowest BCUT2D eigenvalue weighted by Crippen LogP contribution is -2.36. The van der Waals surface area contributed by atoms with Crippen LogP contribution in [0.15, 0.2) is 116 Å². The zero-order valence-corrected chi connectivity index (χ0v) is 32.3. The van der Waals surface area contributed by atoms with Crippen molar-refractivity contribution >= 4 is 21.9 Å². The Morgan fingerprint density at radius 1 is 0.581 bits per heavy atom. The fourth-order valence-corrected chi connectivity index (χ4v) is 6.06. The molecule has 0 spiro atoms. The Morgan fingerprint density at radius 3 is 1.44 bits per heavy atom. The number of fused-ring (bicyclic) bond motifs is 2. The number of rotatable bonds is 16. The molecule has 62 heavy (non-hydrogen) atoms. The summed E-state index contributed by atoms with van der Waals surface area (Å²) in [6.07, 6.45) is -15.2. The number of alkyl halides is 9. The van der Waals surface area contributed by atoms with Gasteiger partial charge < -0.3 is 37.3 Å². The highest BCUT2D eigenvalue weighted by Gasteiger charge is 2.41. The number of halogens is 9. The summed E-state index contributed by atoms with van der Waals surface area (Å²) in [6.45, 7) is 3.75. The second-order valence-electron chi connectivity index (χ2n) is 13.7. The molecule has 1 unspecified atom stereocenters. The Bertz CT molecular complexity index is 2520. The van der Waals surface area contributed by atoms with Gasteiger partial charge in [-0.3, -0.25) is 0 Å². The SMILES string of the molecule is C=COCC(COC(COc1ccc2cc(-c3ccc(C)cc3OC(F)(F)F)c(=O)oc2c1)COc1ccc2cc(-c3ccc(C)cc3OC(F)(F)F)c(=O)oc2c1)C(F)(F)F. The number of ether oxygens (including phenoxy) is 6. The first-order chi connectivity index (χ1) is 29.2. The summed E-state index contributed by atoms with van der Waals surface area (Å²) in [7, 11) is 0. The van der Waals surface area contributed by atoms with Crippen molar-refractivity contribution in [1.29, 1.82) is 0 Å². The van der Waals surface area contributed by atoms with Gasteiger partial charge in [0.15, 0.2) is 0 Å². The largest absolute Gasteiger partial charge is 0.573 e. The minimum absolute atomic E-state index is 0.0404. The Morgan fingerprint density at radius 2 is 1.03 bits per heavy atom. The van der Waals surface area contributed by atoms with Crippen molar-refractivity contribution in [3.63, 3.8) is 0 Å². The van der Waals surface area contributed by atoms with Gasteiger partial charge >= 0.3 is 30.2 Å². The first-order valence-electron chi connectivity index (χ1n) is 18.2. The van der Waals surface area contributed by atoms with Gasteiger partial charge in [0.2, 0.25) is 0 Å². The third kappa shape index (κ3) is 11.6. The summed E-state index contributed by atoms with van der Waals surface area (Å²) in [5.41, 5.74) is -2.00. The van der Waals surface area contributed by atoms with E-state index in [1.807, 2.05) is 0 Å². The highest BCUT2D eigenvalue weighted by atomic mass is 19.4. The highest BCUT2D eigenvalue weighted by Crippen LogP contribution is 2.37. The lowest BCUT2D eigenvalue weighted by atomic mass is 10.0. The van der Waals surface area contributed by atoms with Crippen LogP contribution in [0.1, 0.15) is 11.1 Å². The summed E-state index contributed by atoms with van der Waals surface area (Å²) in [6, 6.07) is 18.7. The smallest absolute Gasteiger partial charge is 0.501 e. The summed E-state index contributed by atoms with van der Waals surface area (Å²) < 4.78 is 161. The van der Waals surface area contributed by atoms with Crippen molar-refractivity contribution in [3.8, 4) is 45.3 Å². The molecule has 6 rings (SSSR count). The maximum atomic E-state index is 13.8. The van der Waals surface area contributed by atoms with Crippen LogP contribution >= 0.6 is 0 Å². The highest BCUT2D eigenvalue weighted by molar-refractivity contribution is 5.85. The van der Waals surface area contributed by atoms with Crippen LogP contribution in [0.2, 0.25) is 0 Å². The van der Waals surface area contributed by atoms with Crippen molar-refractivity contribution in [2.24, 2.45) is 5.92 Å². The van der Waals surface area contributed by atoms with Crippen LogP contribution < -0.4 is 30.2 Å². The molecule has 4 aromatic carbocycles. The van der Waals surface area contributed by atoms with E-state index in [0.717, 1.165) is 18.4 Å². The van der Waals surface area contributed by atoms with Gasteiger partial charge in [0.1, 0.15) is 66.0 Å². The molecule has 1 atom stereocenters. The first kappa shape index (κ1) is 44.9. The molecule has 0 aliphatic carbocycles. The summed E-state index contributed by atoms with van der Waals surface area (Å²) in [5, 5.41) is 0.557. The second-order valence-corrected chi connectivity index (χ2v) is 13.7. The van der Waals surface area contributed by atoms with Crippen molar-refractivity contribution in [1.82, 2.24) is 0 Å². The summed E-state index contributed by atoms with van der Waals surface area (Å²) in [5.74, 6) is -3.21. The quantitative estimate of drug-likeness (QED) is 0.0528. The lowest BCUT2D eigenvalue weighted by Gasteiger charge is -2.24. The van der Waals surface area contributed by atoms with E-state index >= 15 is 0 Å². The van der Waals surface area contributed by atoms with Gasteiger partial charge in [-0.2, -0.15) is 13.2 Å². The lowest BCUT2D eigenvalue weighted by molar-refractivity contribution is -0.275. The molecular weight excluding hydrogens is 847 g/mol. The molecule has 2 heterocycles. The standard InChI is InChI=1S/C43H33F9O10/c1-4-55-19-27(41(44,45)46)20-56-30(21-57-28-9-7-25-15-33(39(53)59-35(25)17-28)31-11-5-23(2)13-37(31)61-42(47,48)49)22-58-29-10-8-26-16-34(40(54)60-36(26)18-29)32-12-6-24(3)14-38(32)62-43(50,51)52/h4-18,27,30H,1,19-22H2,2-3H3. The third-order valence-corrected chi connectivity index (χ3v) is 9.00. The molecular formula is C43H33F9O10.